The first-order valence-electron chi connectivity index (χ1n) is 3.47. The van der Waals surface area contributed by atoms with Gasteiger partial charge >= 0.3 is 0 Å². The number of benzene rings is 1. The van der Waals surface area contributed by atoms with Crippen LogP contribution in [-0.4, -0.2) is 14.6 Å². The summed E-state index contributed by atoms with van der Waals surface area (Å²) in [7, 11) is -3.44. The molecule has 0 aromatic heterocycles. The molecule has 0 saturated heterocycles. The molecule has 0 unspecified atom stereocenters. The zero-order valence-electron chi connectivity index (χ0n) is 6.64. The molecule has 0 saturated carbocycles. The van der Waals surface area contributed by atoms with Crippen molar-refractivity contribution in [3.63, 3.8) is 0 Å². The van der Waals surface area contributed by atoms with Crippen molar-refractivity contribution >= 4 is 16.2 Å². The van der Waals surface area contributed by atoms with Crippen LogP contribution in [0.2, 0.25) is 0 Å². The molecule has 0 amide bonds. The predicted octanol–water partition coefficient (Wildman–Crippen LogP) is 1.47. The van der Waals surface area contributed by atoms with E-state index >= 15 is 0 Å². The highest BCUT2D eigenvalue weighted by molar-refractivity contribution is 7.90. The summed E-state index contributed by atoms with van der Waals surface area (Å²) in [6.45, 7) is 1.57. The highest BCUT2D eigenvalue weighted by Crippen LogP contribution is 2.09. The minimum absolute atomic E-state index is 0.225. The molecule has 1 aromatic rings. The number of hydrogen-bond donors (Lipinski definition) is 0. The quantitative estimate of drug-likeness (QED) is 0.652. The first-order chi connectivity index (χ1) is 5.67. The van der Waals surface area contributed by atoms with Gasteiger partial charge in [0, 0.05) is 6.21 Å². The molecule has 0 aliphatic rings. The average molecular weight is 183 g/mol. The van der Waals surface area contributed by atoms with Crippen molar-refractivity contribution in [2.75, 3.05) is 0 Å². The van der Waals surface area contributed by atoms with Gasteiger partial charge in [-0.2, -0.15) is 12.8 Å². The highest BCUT2D eigenvalue weighted by atomic mass is 32.2. The van der Waals surface area contributed by atoms with Crippen LogP contribution in [0.15, 0.2) is 39.6 Å². The smallest absolute Gasteiger partial charge is 0.199 e. The van der Waals surface area contributed by atoms with Gasteiger partial charge in [-0.15, -0.1) is 0 Å². The number of rotatable bonds is 2. The van der Waals surface area contributed by atoms with E-state index in [1.165, 1.54) is 18.3 Å². The van der Waals surface area contributed by atoms with Crippen LogP contribution in [0.3, 0.4) is 0 Å². The summed E-state index contributed by atoms with van der Waals surface area (Å²) in [6.07, 6.45) is 1.27. The monoisotopic (exact) mass is 183 g/mol. The second-order valence-corrected chi connectivity index (χ2v) is 3.78. The van der Waals surface area contributed by atoms with Gasteiger partial charge in [-0.25, -0.2) is 0 Å². The zero-order chi connectivity index (χ0) is 9.03. The Morgan fingerprint density at radius 3 is 2.33 bits per heavy atom. The minimum Gasteiger partial charge on any atom is -0.199 e. The third kappa shape index (κ3) is 1.92. The van der Waals surface area contributed by atoms with E-state index in [2.05, 4.69) is 4.40 Å². The first kappa shape index (κ1) is 8.93. The summed E-state index contributed by atoms with van der Waals surface area (Å²) in [6, 6.07) is 8.12. The Morgan fingerprint density at radius 1 is 1.25 bits per heavy atom. The second kappa shape index (κ2) is 3.49. The van der Waals surface area contributed by atoms with Crippen LogP contribution in [0.25, 0.3) is 0 Å². The van der Waals surface area contributed by atoms with E-state index in [1.807, 2.05) is 0 Å². The van der Waals surface area contributed by atoms with Gasteiger partial charge < -0.3 is 0 Å². The zero-order valence-corrected chi connectivity index (χ0v) is 7.45. The Labute approximate surface area is 71.8 Å². The molecule has 1 rings (SSSR count). The van der Waals surface area contributed by atoms with E-state index < -0.39 is 10.0 Å². The van der Waals surface area contributed by atoms with Crippen LogP contribution >= 0.6 is 0 Å². The lowest BCUT2D eigenvalue weighted by molar-refractivity contribution is 0.598. The maximum absolute atomic E-state index is 11.2. The fourth-order valence-electron chi connectivity index (χ4n) is 0.792. The lowest BCUT2D eigenvalue weighted by Gasteiger charge is -1.95. The molecule has 0 N–H and O–H groups in total. The lowest BCUT2D eigenvalue weighted by atomic mass is 10.4. The van der Waals surface area contributed by atoms with Crippen molar-refractivity contribution in [2.45, 2.75) is 11.8 Å². The van der Waals surface area contributed by atoms with Gasteiger partial charge in [-0.1, -0.05) is 18.2 Å². The Bertz CT molecular complexity index is 367. The van der Waals surface area contributed by atoms with Gasteiger partial charge in [-0.05, 0) is 19.1 Å². The molecule has 0 bridgehead atoms. The van der Waals surface area contributed by atoms with Crippen LogP contribution in [0.4, 0.5) is 0 Å². The average Bonchev–Trinajstić information content (AvgIpc) is 2.06. The van der Waals surface area contributed by atoms with Gasteiger partial charge in [-0.3, -0.25) is 0 Å². The van der Waals surface area contributed by atoms with E-state index in [-0.39, 0.29) is 4.90 Å². The molecule has 12 heavy (non-hydrogen) atoms. The molecule has 3 nitrogen and oxygen atoms in total. The fraction of sp³-hybridized carbons (Fsp3) is 0.125. The molecule has 64 valence electrons. The van der Waals surface area contributed by atoms with E-state index in [4.69, 9.17) is 0 Å². The van der Waals surface area contributed by atoms with Crippen LogP contribution < -0.4 is 0 Å². The van der Waals surface area contributed by atoms with Crippen molar-refractivity contribution in [3.8, 4) is 0 Å². The predicted molar refractivity (Wildman–Crippen MR) is 47.8 cm³/mol. The summed E-state index contributed by atoms with van der Waals surface area (Å²) in [5.41, 5.74) is 0. The van der Waals surface area contributed by atoms with Crippen LogP contribution in [0, 0.1) is 0 Å². The lowest BCUT2D eigenvalue weighted by Crippen LogP contribution is -1.95. The molecule has 0 atom stereocenters. The van der Waals surface area contributed by atoms with E-state index in [0.717, 1.165) is 0 Å². The Balaban J connectivity index is 3.16. The van der Waals surface area contributed by atoms with Gasteiger partial charge in [0.25, 0.3) is 10.0 Å². The molecule has 0 spiro atoms. The molecule has 4 heteroatoms. The minimum atomic E-state index is -3.44. The maximum atomic E-state index is 11.2. The van der Waals surface area contributed by atoms with E-state index in [9.17, 15) is 8.42 Å². The summed E-state index contributed by atoms with van der Waals surface area (Å²) in [5.74, 6) is 0. The molecular formula is C8H9NO2S. The van der Waals surface area contributed by atoms with Gasteiger partial charge in [0.1, 0.15) is 0 Å². The highest BCUT2D eigenvalue weighted by Gasteiger charge is 2.08. The third-order valence-corrected chi connectivity index (χ3v) is 2.64. The number of hydrogen-bond acceptors (Lipinski definition) is 2. The standard InChI is InChI=1S/C8H9NO2S/c1-2-9-12(10,11)8-6-4-3-5-7-8/h2-7H,1H3. The van der Waals surface area contributed by atoms with Gasteiger partial charge in [0.15, 0.2) is 0 Å². The summed E-state index contributed by atoms with van der Waals surface area (Å²) >= 11 is 0. The molecule has 0 heterocycles. The normalized spacial score (nSPS) is 12.1. The van der Waals surface area contributed by atoms with Crippen molar-refractivity contribution in [1.82, 2.24) is 0 Å². The Kier molecular flexibility index (Phi) is 2.60. The van der Waals surface area contributed by atoms with Crippen LogP contribution in [-0.2, 0) is 10.0 Å². The van der Waals surface area contributed by atoms with E-state index in [1.54, 1.807) is 25.1 Å². The summed E-state index contributed by atoms with van der Waals surface area (Å²) in [4.78, 5) is 0.225. The van der Waals surface area contributed by atoms with Crippen molar-refractivity contribution in [1.29, 1.82) is 0 Å². The molecule has 0 aliphatic heterocycles. The van der Waals surface area contributed by atoms with Crippen molar-refractivity contribution < 1.29 is 8.42 Å². The maximum Gasteiger partial charge on any atom is 0.281 e. The number of sulfonamides is 1. The Hall–Kier alpha value is -1.16. The number of nitrogens with zero attached hydrogens (tertiary/aromatic N) is 1. The third-order valence-electron chi connectivity index (χ3n) is 1.29. The SMILES string of the molecule is CC=NS(=O)(=O)c1ccccc1. The first-order valence-corrected chi connectivity index (χ1v) is 4.91. The molecule has 1 aromatic carbocycles. The van der Waals surface area contributed by atoms with Crippen molar-refractivity contribution in [3.05, 3.63) is 30.3 Å². The van der Waals surface area contributed by atoms with Gasteiger partial charge in [0.05, 0.1) is 4.90 Å². The Morgan fingerprint density at radius 2 is 1.83 bits per heavy atom. The second-order valence-electron chi connectivity index (χ2n) is 2.15. The van der Waals surface area contributed by atoms with Crippen molar-refractivity contribution in [2.24, 2.45) is 4.40 Å². The molecule has 0 aliphatic carbocycles. The van der Waals surface area contributed by atoms with E-state index in [0.29, 0.717) is 0 Å². The topological polar surface area (TPSA) is 46.5 Å². The largest absolute Gasteiger partial charge is 0.281 e. The summed E-state index contributed by atoms with van der Waals surface area (Å²) in [5, 5.41) is 0. The fourth-order valence-corrected chi connectivity index (χ4v) is 1.69. The summed E-state index contributed by atoms with van der Waals surface area (Å²) < 4.78 is 25.8. The molecule has 0 radical (unpaired) electrons. The molecular weight excluding hydrogens is 174 g/mol. The van der Waals surface area contributed by atoms with Gasteiger partial charge in [0.2, 0.25) is 0 Å². The van der Waals surface area contributed by atoms with Crippen LogP contribution in [0.1, 0.15) is 6.92 Å². The molecule has 0 fully saturated rings. The van der Waals surface area contributed by atoms with Crippen LogP contribution in [0.5, 0.6) is 0 Å².